The lowest BCUT2D eigenvalue weighted by atomic mass is 9.82. The van der Waals surface area contributed by atoms with Crippen LogP contribution in [0.4, 0.5) is 0 Å². The van der Waals surface area contributed by atoms with E-state index in [1.54, 1.807) is 38.1 Å². The van der Waals surface area contributed by atoms with Gasteiger partial charge in [0.15, 0.2) is 0 Å². The molecule has 1 heterocycles. The average molecular weight is 536 g/mol. The molecule has 0 fully saturated rings. The standard InChI is InChI=1S/C28H26BrNO5/c1-17-14-19-16-20(10-13-24(19)34-17)28(2,3)27(33)30-23(26(31)32)15-18-8-11-21(12-9-18)35-25-7-5-4-6-22(25)29/h4-13,15-17H,14H2,1-3H3,(H,30,33)(H,31,32)/b23-15-. The molecule has 0 bridgehead atoms. The summed E-state index contributed by atoms with van der Waals surface area (Å²) < 4.78 is 12.4. The highest BCUT2D eigenvalue weighted by Gasteiger charge is 2.33. The van der Waals surface area contributed by atoms with Crippen LogP contribution >= 0.6 is 15.9 Å². The van der Waals surface area contributed by atoms with Crippen LogP contribution in [-0.4, -0.2) is 23.1 Å². The predicted octanol–water partition coefficient (Wildman–Crippen LogP) is 6.08. The molecule has 0 spiro atoms. The molecular formula is C28H26BrNO5. The number of carbonyl (C=O) groups excluding carboxylic acids is 1. The van der Waals surface area contributed by atoms with Gasteiger partial charge in [0.25, 0.3) is 0 Å². The number of carboxylic acids is 1. The van der Waals surface area contributed by atoms with Crippen LogP contribution < -0.4 is 14.8 Å². The Labute approximate surface area is 212 Å². The van der Waals surface area contributed by atoms with Crippen LogP contribution in [0.3, 0.4) is 0 Å². The van der Waals surface area contributed by atoms with E-state index in [9.17, 15) is 14.7 Å². The molecule has 7 heteroatoms. The number of aliphatic carboxylic acids is 1. The second kappa shape index (κ2) is 9.96. The fourth-order valence-corrected chi connectivity index (χ4v) is 4.19. The van der Waals surface area contributed by atoms with E-state index in [1.807, 2.05) is 49.4 Å². The molecule has 0 aromatic heterocycles. The van der Waals surface area contributed by atoms with Crippen LogP contribution in [0.2, 0.25) is 0 Å². The first-order valence-corrected chi connectivity index (χ1v) is 12.0. The molecule has 1 aliphatic heterocycles. The van der Waals surface area contributed by atoms with Gasteiger partial charge < -0.3 is 19.9 Å². The summed E-state index contributed by atoms with van der Waals surface area (Å²) in [7, 11) is 0. The summed E-state index contributed by atoms with van der Waals surface area (Å²) in [6, 6.07) is 20.1. The van der Waals surface area contributed by atoms with E-state index in [2.05, 4.69) is 21.2 Å². The molecule has 2 N–H and O–H groups in total. The maximum Gasteiger partial charge on any atom is 0.352 e. The SMILES string of the molecule is CC1Cc2cc(C(C)(C)C(=O)N/C(=C\c3ccc(Oc4ccccc4Br)cc3)C(=O)O)ccc2O1. The Balaban J connectivity index is 1.50. The summed E-state index contributed by atoms with van der Waals surface area (Å²) >= 11 is 3.44. The number of carbonyl (C=O) groups is 2. The van der Waals surface area contributed by atoms with E-state index in [0.29, 0.717) is 17.1 Å². The number of ether oxygens (including phenoxy) is 2. The van der Waals surface area contributed by atoms with Gasteiger partial charge >= 0.3 is 5.97 Å². The zero-order chi connectivity index (χ0) is 25.2. The number of hydrogen-bond donors (Lipinski definition) is 2. The van der Waals surface area contributed by atoms with Crippen molar-refractivity contribution < 1.29 is 24.2 Å². The molecule has 0 saturated carbocycles. The molecule has 1 unspecified atom stereocenters. The highest BCUT2D eigenvalue weighted by Crippen LogP contribution is 2.34. The van der Waals surface area contributed by atoms with Gasteiger partial charge in [-0.2, -0.15) is 0 Å². The summed E-state index contributed by atoms with van der Waals surface area (Å²) in [4.78, 5) is 25.1. The van der Waals surface area contributed by atoms with Crippen molar-refractivity contribution in [3.63, 3.8) is 0 Å². The monoisotopic (exact) mass is 535 g/mol. The smallest absolute Gasteiger partial charge is 0.352 e. The number of carboxylic acid groups (broad SMARTS) is 1. The first-order chi connectivity index (χ1) is 16.6. The minimum Gasteiger partial charge on any atom is -0.490 e. The predicted molar refractivity (Wildman–Crippen MR) is 138 cm³/mol. The summed E-state index contributed by atoms with van der Waals surface area (Å²) in [5.41, 5.74) is 1.31. The molecular weight excluding hydrogens is 510 g/mol. The maximum atomic E-state index is 13.2. The van der Waals surface area contributed by atoms with Gasteiger partial charge in [-0.3, -0.25) is 4.79 Å². The lowest BCUT2D eigenvalue weighted by Crippen LogP contribution is -2.41. The lowest BCUT2D eigenvalue weighted by Gasteiger charge is -2.25. The van der Waals surface area contributed by atoms with Crippen molar-refractivity contribution in [2.75, 3.05) is 0 Å². The number of benzene rings is 3. The Kier molecular flexibility index (Phi) is 6.98. The minimum absolute atomic E-state index is 0.102. The molecule has 0 radical (unpaired) electrons. The Morgan fingerprint density at radius 3 is 2.51 bits per heavy atom. The highest BCUT2D eigenvalue weighted by molar-refractivity contribution is 9.10. The van der Waals surface area contributed by atoms with Gasteiger partial charge in [0, 0.05) is 6.42 Å². The molecule has 35 heavy (non-hydrogen) atoms. The van der Waals surface area contributed by atoms with E-state index >= 15 is 0 Å². The Morgan fingerprint density at radius 1 is 1.11 bits per heavy atom. The van der Waals surface area contributed by atoms with Gasteiger partial charge in [-0.15, -0.1) is 0 Å². The second-order valence-corrected chi connectivity index (χ2v) is 9.85. The number of halogens is 1. The quantitative estimate of drug-likeness (QED) is 0.358. The molecule has 1 amide bonds. The molecule has 180 valence electrons. The first kappa shape index (κ1) is 24.5. The van der Waals surface area contributed by atoms with Crippen LogP contribution in [0.25, 0.3) is 6.08 Å². The molecule has 6 nitrogen and oxygen atoms in total. The van der Waals surface area contributed by atoms with Crippen molar-refractivity contribution in [1.82, 2.24) is 5.32 Å². The van der Waals surface area contributed by atoms with E-state index < -0.39 is 17.3 Å². The van der Waals surface area contributed by atoms with Crippen LogP contribution in [0.5, 0.6) is 17.2 Å². The number of fused-ring (bicyclic) bond motifs is 1. The number of nitrogens with one attached hydrogen (secondary N) is 1. The molecule has 3 aromatic rings. The Hall–Kier alpha value is -3.58. The largest absolute Gasteiger partial charge is 0.490 e. The zero-order valence-corrected chi connectivity index (χ0v) is 21.3. The highest BCUT2D eigenvalue weighted by atomic mass is 79.9. The van der Waals surface area contributed by atoms with Crippen molar-refractivity contribution in [3.05, 3.63) is 93.6 Å². The molecule has 1 atom stereocenters. The van der Waals surface area contributed by atoms with Gasteiger partial charge in [-0.1, -0.05) is 36.4 Å². The third-order valence-corrected chi connectivity index (χ3v) is 6.57. The zero-order valence-electron chi connectivity index (χ0n) is 19.7. The van der Waals surface area contributed by atoms with Gasteiger partial charge in [-0.25, -0.2) is 4.79 Å². The van der Waals surface area contributed by atoms with Crippen LogP contribution in [-0.2, 0) is 21.4 Å². The van der Waals surface area contributed by atoms with Crippen LogP contribution in [0.1, 0.15) is 37.5 Å². The third kappa shape index (κ3) is 5.57. The molecule has 0 aliphatic carbocycles. The van der Waals surface area contributed by atoms with Crippen LogP contribution in [0, 0.1) is 0 Å². The summed E-state index contributed by atoms with van der Waals surface area (Å²) in [5, 5.41) is 12.3. The van der Waals surface area contributed by atoms with Crippen LogP contribution in [0.15, 0.2) is 76.9 Å². The lowest BCUT2D eigenvalue weighted by molar-refractivity contribution is -0.135. The van der Waals surface area contributed by atoms with Crippen molar-refractivity contribution >= 4 is 33.9 Å². The fraction of sp³-hybridized carbons (Fsp3) is 0.214. The van der Waals surface area contributed by atoms with Crippen molar-refractivity contribution in [2.24, 2.45) is 0 Å². The second-order valence-electron chi connectivity index (χ2n) is 9.00. The van der Waals surface area contributed by atoms with E-state index in [1.165, 1.54) is 6.08 Å². The Morgan fingerprint density at radius 2 is 1.83 bits per heavy atom. The number of para-hydroxylation sites is 1. The van der Waals surface area contributed by atoms with Crippen molar-refractivity contribution in [1.29, 1.82) is 0 Å². The van der Waals surface area contributed by atoms with Gasteiger partial charge in [0.05, 0.1) is 9.89 Å². The number of amides is 1. The first-order valence-electron chi connectivity index (χ1n) is 11.2. The molecule has 0 saturated heterocycles. The summed E-state index contributed by atoms with van der Waals surface area (Å²) in [6.07, 6.45) is 2.31. The number of rotatable bonds is 7. The van der Waals surface area contributed by atoms with E-state index in [-0.39, 0.29) is 11.8 Å². The van der Waals surface area contributed by atoms with Crippen molar-refractivity contribution in [2.45, 2.75) is 38.7 Å². The Bertz CT molecular complexity index is 1300. The molecule has 4 rings (SSSR count). The van der Waals surface area contributed by atoms with Gasteiger partial charge in [-0.05, 0) is 89.8 Å². The van der Waals surface area contributed by atoms with E-state index in [4.69, 9.17) is 9.47 Å². The number of hydrogen-bond acceptors (Lipinski definition) is 4. The third-order valence-electron chi connectivity index (χ3n) is 5.92. The van der Waals surface area contributed by atoms with E-state index in [0.717, 1.165) is 27.8 Å². The average Bonchev–Trinajstić information content (AvgIpc) is 3.20. The minimum atomic E-state index is -1.22. The molecule has 3 aromatic carbocycles. The normalized spacial score (nSPS) is 15.2. The summed E-state index contributed by atoms with van der Waals surface area (Å²) in [6.45, 7) is 5.55. The van der Waals surface area contributed by atoms with Gasteiger partial charge in [0.2, 0.25) is 5.91 Å². The molecule has 1 aliphatic rings. The van der Waals surface area contributed by atoms with Gasteiger partial charge in [0.1, 0.15) is 29.0 Å². The maximum absolute atomic E-state index is 13.2. The topological polar surface area (TPSA) is 84.9 Å². The fourth-order valence-electron chi connectivity index (χ4n) is 3.82. The van der Waals surface area contributed by atoms with Crippen molar-refractivity contribution in [3.8, 4) is 17.2 Å². The summed E-state index contributed by atoms with van der Waals surface area (Å²) in [5.74, 6) is 0.469.